The van der Waals surface area contributed by atoms with Gasteiger partial charge in [-0.1, -0.05) is 30.3 Å². The van der Waals surface area contributed by atoms with Crippen LogP contribution in [0.5, 0.6) is 11.5 Å². The Balaban J connectivity index is 1.74. The molecule has 1 aliphatic rings. The summed E-state index contributed by atoms with van der Waals surface area (Å²) in [7, 11) is 3.00. The Morgan fingerprint density at radius 3 is 2.39 bits per heavy atom. The van der Waals surface area contributed by atoms with Gasteiger partial charge < -0.3 is 19.6 Å². The van der Waals surface area contributed by atoms with E-state index in [1.54, 1.807) is 25.3 Å². The third-order valence-electron chi connectivity index (χ3n) is 5.35. The molecule has 0 saturated heterocycles. The summed E-state index contributed by atoms with van der Waals surface area (Å²) >= 11 is 0. The first-order valence-electron chi connectivity index (χ1n) is 9.73. The number of methoxy groups -OCH3 is 2. The molecule has 0 radical (unpaired) electrons. The van der Waals surface area contributed by atoms with Gasteiger partial charge in [-0.25, -0.2) is 0 Å². The molecule has 7 nitrogen and oxygen atoms in total. The number of anilines is 2. The second-order valence-corrected chi connectivity index (χ2v) is 7.06. The summed E-state index contributed by atoms with van der Waals surface area (Å²) in [6.07, 6.45) is 1.65. The van der Waals surface area contributed by atoms with Crippen LogP contribution < -0.4 is 19.9 Å². The maximum atomic E-state index is 13.3. The number of fused-ring (bicyclic) bond motifs is 2. The molecule has 1 unspecified atom stereocenters. The lowest BCUT2D eigenvalue weighted by Crippen LogP contribution is -2.41. The SMILES string of the molecule is COc1cc2c(cc1OC)N(OC=O)C(C)C(=CNc1ccc3ccccc3c1)C2=O. The second-order valence-electron chi connectivity index (χ2n) is 7.06. The van der Waals surface area contributed by atoms with Crippen LogP contribution in [0.4, 0.5) is 11.4 Å². The number of ketones is 1. The average Bonchev–Trinajstić information content (AvgIpc) is 2.80. The molecule has 3 aromatic rings. The highest BCUT2D eigenvalue weighted by molar-refractivity contribution is 6.15. The van der Waals surface area contributed by atoms with Crippen LogP contribution in [-0.2, 0) is 9.63 Å². The van der Waals surface area contributed by atoms with Crippen molar-refractivity contribution in [1.29, 1.82) is 0 Å². The summed E-state index contributed by atoms with van der Waals surface area (Å²) in [5.74, 6) is 0.655. The highest BCUT2D eigenvalue weighted by atomic mass is 16.7. The van der Waals surface area contributed by atoms with E-state index < -0.39 is 6.04 Å². The monoisotopic (exact) mass is 418 g/mol. The molecule has 31 heavy (non-hydrogen) atoms. The topological polar surface area (TPSA) is 77.1 Å². The molecule has 0 aliphatic carbocycles. The number of hydrogen-bond acceptors (Lipinski definition) is 7. The number of ether oxygens (including phenoxy) is 2. The molecule has 0 fully saturated rings. The zero-order valence-corrected chi connectivity index (χ0v) is 17.4. The molecule has 0 amide bonds. The molecule has 0 aromatic heterocycles. The van der Waals surface area contributed by atoms with Crippen molar-refractivity contribution in [2.75, 3.05) is 24.6 Å². The van der Waals surface area contributed by atoms with Crippen LogP contribution in [0.25, 0.3) is 10.8 Å². The van der Waals surface area contributed by atoms with E-state index in [2.05, 4.69) is 5.32 Å². The number of carbonyl (C=O) groups is 2. The third kappa shape index (κ3) is 3.66. The zero-order valence-electron chi connectivity index (χ0n) is 17.4. The Morgan fingerprint density at radius 1 is 0.968 bits per heavy atom. The van der Waals surface area contributed by atoms with Crippen LogP contribution in [0.15, 0.2) is 66.4 Å². The van der Waals surface area contributed by atoms with Gasteiger partial charge in [-0.15, -0.1) is 0 Å². The van der Waals surface area contributed by atoms with Crippen LogP contribution in [-0.4, -0.2) is 32.5 Å². The maximum absolute atomic E-state index is 13.3. The minimum Gasteiger partial charge on any atom is -0.493 e. The quantitative estimate of drug-likeness (QED) is 0.472. The highest BCUT2D eigenvalue weighted by Crippen LogP contribution is 2.41. The minimum absolute atomic E-state index is 0.192. The Labute approximate surface area is 179 Å². The first-order valence-corrected chi connectivity index (χ1v) is 9.73. The fraction of sp³-hybridized carbons (Fsp3) is 0.167. The number of rotatable bonds is 6. The lowest BCUT2D eigenvalue weighted by molar-refractivity contribution is -0.130. The normalized spacial score (nSPS) is 16.7. The van der Waals surface area contributed by atoms with Crippen molar-refractivity contribution in [3.05, 3.63) is 71.9 Å². The first kappa shape index (κ1) is 20.3. The Hall–Kier alpha value is -4.00. The molecule has 0 saturated carbocycles. The maximum Gasteiger partial charge on any atom is 0.320 e. The summed E-state index contributed by atoms with van der Waals surface area (Å²) in [5, 5.41) is 6.80. The van der Waals surface area contributed by atoms with Crippen LogP contribution in [0.1, 0.15) is 17.3 Å². The lowest BCUT2D eigenvalue weighted by Gasteiger charge is -2.35. The zero-order chi connectivity index (χ0) is 22.0. The van der Waals surface area contributed by atoms with Gasteiger partial charge in [0.2, 0.25) is 0 Å². The van der Waals surface area contributed by atoms with Crippen LogP contribution in [0.3, 0.4) is 0 Å². The van der Waals surface area contributed by atoms with Gasteiger partial charge in [-0.3, -0.25) is 9.59 Å². The summed E-state index contributed by atoms with van der Waals surface area (Å²) in [6.45, 7) is 2.12. The molecule has 0 spiro atoms. The number of hydrogen-bond donors (Lipinski definition) is 1. The van der Waals surface area contributed by atoms with E-state index >= 15 is 0 Å². The largest absolute Gasteiger partial charge is 0.493 e. The Kier molecular flexibility index (Phi) is 5.49. The number of benzene rings is 3. The molecule has 1 atom stereocenters. The molecule has 7 heteroatoms. The molecular weight excluding hydrogens is 396 g/mol. The third-order valence-corrected chi connectivity index (χ3v) is 5.35. The number of carbonyl (C=O) groups excluding carboxylic acids is 2. The van der Waals surface area contributed by atoms with Crippen molar-refractivity contribution in [3.8, 4) is 11.5 Å². The molecular formula is C24H22N2O5. The van der Waals surface area contributed by atoms with Crippen molar-refractivity contribution in [1.82, 2.24) is 0 Å². The summed E-state index contributed by atoms with van der Waals surface area (Å²) in [6, 6.07) is 16.7. The molecule has 4 rings (SSSR count). The number of Topliss-reactive ketones (excluding diaryl/α,β-unsaturated/α-hetero) is 1. The van der Waals surface area contributed by atoms with Crippen LogP contribution in [0, 0.1) is 0 Å². The van der Waals surface area contributed by atoms with Crippen LogP contribution in [0.2, 0.25) is 0 Å². The van der Waals surface area contributed by atoms with Gasteiger partial charge in [0.15, 0.2) is 17.3 Å². The van der Waals surface area contributed by atoms with E-state index in [9.17, 15) is 9.59 Å². The molecule has 0 bridgehead atoms. The van der Waals surface area contributed by atoms with Gasteiger partial charge >= 0.3 is 6.47 Å². The van der Waals surface area contributed by atoms with E-state index in [0.29, 0.717) is 34.8 Å². The molecule has 158 valence electrons. The minimum atomic E-state index is -0.517. The fourth-order valence-electron chi connectivity index (χ4n) is 3.73. The van der Waals surface area contributed by atoms with E-state index in [1.807, 2.05) is 42.5 Å². The Morgan fingerprint density at radius 2 is 1.68 bits per heavy atom. The predicted molar refractivity (Wildman–Crippen MR) is 119 cm³/mol. The molecule has 1 aliphatic heterocycles. The van der Waals surface area contributed by atoms with Crippen molar-refractivity contribution in [3.63, 3.8) is 0 Å². The van der Waals surface area contributed by atoms with E-state index in [0.717, 1.165) is 16.5 Å². The van der Waals surface area contributed by atoms with Crippen molar-refractivity contribution < 1.29 is 23.9 Å². The van der Waals surface area contributed by atoms with Gasteiger partial charge in [0.25, 0.3) is 0 Å². The standard InChI is InChI=1S/C24H22N2O5/c1-15-20(13-25-18-9-8-16-6-4-5-7-17(16)10-18)24(28)19-11-22(29-2)23(30-3)12-21(19)26(15)31-14-27/h4-15,25H,1-3H3. The Bertz CT molecular complexity index is 1190. The van der Waals surface area contributed by atoms with Crippen molar-refractivity contribution in [2.24, 2.45) is 0 Å². The number of nitrogens with one attached hydrogen (secondary N) is 1. The molecule has 1 heterocycles. The van der Waals surface area contributed by atoms with Gasteiger partial charge in [0.05, 0.1) is 31.5 Å². The van der Waals surface area contributed by atoms with E-state index in [4.69, 9.17) is 14.3 Å². The van der Waals surface area contributed by atoms with E-state index in [1.165, 1.54) is 19.3 Å². The number of hydroxylamine groups is 1. The first-order chi connectivity index (χ1) is 15.1. The van der Waals surface area contributed by atoms with Crippen molar-refractivity contribution in [2.45, 2.75) is 13.0 Å². The summed E-state index contributed by atoms with van der Waals surface area (Å²) < 4.78 is 10.7. The van der Waals surface area contributed by atoms with Gasteiger partial charge in [0, 0.05) is 23.5 Å². The molecule has 3 aromatic carbocycles. The van der Waals surface area contributed by atoms with Gasteiger partial charge in [-0.2, -0.15) is 5.06 Å². The summed E-state index contributed by atoms with van der Waals surface area (Å²) in [5.41, 5.74) is 2.07. The second kappa shape index (κ2) is 8.39. The van der Waals surface area contributed by atoms with Gasteiger partial charge in [0.1, 0.15) is 0 Å². The van der Waals surface area contributed by atoms with Crippen LogP contribution >= 0.6 is 0 Å². The van der Waals surface area contributed by atoms with Crippen molar-refractivity contribution >= 4 is 34.4 Å². The summed E-state index contributed by atoms with van der Waals surface area (Å²) in [4.78, 5) is 29.7. The smallest absolute Gasteiger partial charge is 0.320 e. The van der Waals surface area contributed by atoms with Gasteiger partial charge in [-0.05, 0) is 35.9 Å². The highest BCUT2D eigenvalue weighted by Gasteiger charge is 2.36. The predicted octanol–water partition coefficient (Wildman–Crippen LogP) is 4.33. The number of nitrogens with zero attached hydrogens (tertiary/aromatic N) is 1. The van der Waals surface area contributed by atoms with E-state index in [-0.39, 0.29) is 5.78 Å². The average molecular weight is 418 g/mol. The lowest BCUT2D eigenvalue weighted by atomic mass is 9.92. The molecule has 1 N–H and O–H groups in total. The fourth-order valence-corrected chi connectivity index (χ4v) is 3.73.